The van der Waals surface area contributed by atoms with Crippen LogP contribution < -0.4 is 0 Å². The summed E-state index contributed by atoms with van der Waals surface area (Å²) >= 11 is 0. The molecule has 0 aromatic carbocycles. The Hall–Kier alpha value is -1.58. The number of rotatable bonds is 6. The van der Waals surface area contributed by atoms with Crippen molar-refractivity contribution in [1.82, 2.24) is 0 Å². The van der Waals surface area contributed by atoms with Crippen molar-refractivity contribution in [2.75, 3.05) is 7.11 Å². The number of aliphatic carboxylic acids is 1. The Balaban J connectivity index is 2.79. The van der Waals surface area contributed by atoms with Gasteiger partial charge in [-0.1, -0.05) is 38.0 Å². The zero-order chi connectivity index (χ0) is 16.9. The maximum absolute atomic E-state index is 11.5. The molecule has 0 fully saturated rings. The van der Waals surface area contributed by atoms with Gasteiger partial charge < -0.3 is 9.84 Å². The van der Waals surface area contributed by atoms with Gasteiger partial charge >= 0.3 is 11.9 Å². The highest BCUT2D eigenvalue weighted by Crippen LogP contribution is 2.42. The van der Waals surface area contributed by atoms with Crippen LogP contribution in [0.2, 0.25) is 0 Å². The monoisotopic (exact) mass is 308 g/mol. The molecule has 22 heavy (non-hydrogen) atoms. The van der Waals surface area contributed by atoms with Crippen molar-refractivity contribution >= 4 is 11.9 Å². The highest BCUT2D eigenvalue weighted by molar-refractivity contribution is 6.13. The van der Waals surface area contributed by atoms with Crippen molar-refractivity contribution in [3.8, 4) is 0 Å². The first-order chi connectivity index (χ1) is 10.2. The molecule has 1 unspecified atom stereocenters. The predicted molar refractivity (Wildman–Crippen MR) is 86.5 cm³/mol. The van der Waals surface area contributed by atoms with E-state index in [1.807, 2.05) is 6.92 Å². The molecular weight excluding hydrogens is 280 g/mol. The number of hydrogen-bond donors (Lipinski definition) is 1. The molecule has 1 aliphatic carbocycles. The molecule has 0 heterocycles. The molecule has 124 valence electrons. The Morgan fingerprint density at radius 3 is 2.55 bits per heavy atom. The van der Waals surface area contributed by atoms with E-state index >= 15 is 0 Å². The van der Waals surface area contributed by atoms with Crippen LogP contribution in [0.25, 0.3) is 0 Å². The van der Waals surface area contributed by atoms with Crippen LogP contribution in [0.4, 0.5) is 0 Å². The van der Waals surface area contributed by atoms with Crippen LogP contribution in [-0.2, 0) is 14.3 Å². The molecule has 4 heteroatoms. The highest BCUT2D eigenvalue weighted by Gasteiger charge is 2.28. The number of carbonyl (C=O) groups excluding carboxylic acids is 1. The number of hydrogen-bond acceptors (Lipinski definition) is 3. The number of ether oxygens (including phenoxy) is 1. The number of carbonyl (C=O) groups is 2. The molecule has 1 N–H and O–H groups in total. The lowest BCUT2D eigenvalue weighted by Gasteiger charge is -2.35. The summed E-state index contributed by atoms with van der Waals surface area (Å²) in [7, 11) is 1.20. The predicted octanol–water partition coefficient (Wildman–Crippen LogP) is 4.11. The largest absolute Gasteiger partial charge is 0.477 e. The van der Waals surface area contributed by atoms with E-state index in [-0.39, 0.29) is 16.9 Å². The van der Waals surface area contributed by atoms with Crippen LogP contribution >= 0.6 is 0 Å². The number of carboxylic acid groups (broad SMARTS) is 1. The molecule has 4 nitrogen and oxygen atoms in total. The minimum Gasteiger partial charge on any atom is -0.477 e. The van der Waals surface area contributed by atoms with Crippen LogP contribution in [0.5, 0.6) is 0 Å². The fraction of sp³-hybridized carbons (Fsp3) is 0.667. The Bertz CT molecular complexity index is 497. The lowest BCUT2D eigenvalue weighted by Crippen LogP contribution is -2.21. The van der Waals surface area contributed by atoms with Crippen molar-refractivity contribution in [3.63, 3.8) is 0 Å². The first-order valence-electron chi connectivity index (χ1n) is 7.91. The molecule has 0 aliphatic heterocycles. The van der Waals surface area contributed by atoms with Gasteiger partial charge in [0, 0.05) is 0 Å². The average Bonchev–Trinajstić information content (AvgIpc) is 2.42. The molecule has 1 aliphatic rings. The molecule has 0 aromatic heterocycles. The van der Waals surface area contributed by atoms with E-state index in [0.717, 1.165) is 19.3 Å². The summed E-state index contributed by atoms with van der Waals surface area (Å²) in [5, 5.41) is 9.09. The minimum atomic E-state index is -1.23. The smallest absolute Gasteiger partial charge is 0.344 e. The first-order valence-corrected chi connectivity index (χ1v) is 7.91. The Kier molecular flexibility index (Phi) is 6.39. The van der Waals surface area contributed by atoms with Gasteiger partial charge in [-0.3, -0.25) is 0 Å². The van der Waals surface area contributed by atoms with E-state index in [0.29, 0.717) is 0 Å². The standard InChI is InChI=1S/C18H28O4/c1-12(11-14(16(19)20)17(21)22-5)8-9-15-13(2)7-6-10-18(15,3)4/h11-12H,6-10H2,1-5H3,(H,19,20)/b14-11-. The third kappa shape index (κ3) is 4.72. The van der Waals surface area contributed by atoms with Gasteiger partial charge in [-0.25, -0.2) is 9.59 Å². The van der Waals surface area contributed by atoms with Gasteiger partial charge in [-0.15, -0.1) is 0 Å². The van der Waals surface area contributed by atoms with Crippen molar-refractivity contribution in [2.45, 2.75) is 59.8 Å². The fourth-order valence-electron chi connectivity index (χ4n) is 3.30. The molecule has 0 radical (unpaired) electrons. The first kappa shape index (κ1) is 18.5. The van der Waals surface area contributed by atoms with Gasteiger partial charge in [0.15, 0.2) is 0 Å². The van der Waals surface area contributed by atoms with Crippen molar-refractivity contribution in [3.05, 3.63) is 22.8 Å². The zero-order valence-electron chi connectivity index (χ0n) is 14.4. The fourth-order valence-corrected chi connectivity index (χ4v) is 3.30. The van der Waals surface area contributed by atoms with Gasteiger partial charge in [0.1, 0.15) is 5.57 Å². The third-order valence-electron chi connectivity index (χ3n) is 4.62. The van der Waals surface area contributed by atoms with Crippen LogP contribution in [0, 0.1) is 11.3 Å². The summed E-state index contributed by atoms with van der Waals surface area (Å²) in [5.41, 5.74) is 2.92. The van der Waals surface area contributed by atoms with E-state index < -0.39 is 11.9 Å². The second-order valence-corrected chi connectivity index (χ2v) is 6.89. The van der Waals surface area contributed by atoms with Gasteiger partial charge in [0.05, 0.1) is 7.11 Å². The van der Waals surface area contributed by atoms with Crippen molar-refractivity contribution < 1.29 is 19.4 Å². The van der Waals surface area contributed by atoms with E-state index in [1.165, 1.54) is 37.2 Å². The van der Waals surface area contributed by atoms with Crippen LogP contribution in [0.15, 0.2) is 22.8 Å². The molecular formula is C18H28O4. The topological polar surface area (TPSA) is 63.6 Å². The lowest BCUT2D eigenvalue weighted by molar-refractivity contribution is -0.142. The quantitative estimate of drug-likeness (QED) is 0.264. The minimum absolute atomic E-state index is 0.0169. The van der Waals surface area contributed by atoms with E-state index in [4.69, 9.17) is 5.11 Å². The molecule has 0 saturated carbocycles. The SMILES string of the molecule is COC(=O)/C(=C\C(C)CCC1=C(C)CCCC1(C)C)C(=O)O. The summed E-state index contributed by atoms with van der Waals surface area (Å²) in [5.74, 6) is -2.00. The van der Waals surface area contributed by atoms with Crippen molar-refractivity contribution in [2.24, 2.45) is 11.3 Å². The molecule has 0 spiro atoms. The number of esters is 1. The van der Waals surface area contributed by atoms with Crippen LogP contribution in [-0.4, -0.2) is 24.2 Å². The summed E-state index contributed by atoms with van der Waals surface area (Å²) in [6.07, 6.45) is 6.90. The van der Waals surface area contributed by atoms with Gasteiger partial charge in [0.25, 0.3) is 0 Å². The second-order valence-electron chi connectivity index (χ2n) is 6.89. The summed E-state index contributed by atoms with van der Waals surface area (Å²) in [6.45, 7) is 8.71. The Morgan fingerprint density at radius 1 is 1.41 bits per heavy atom. The molecule has 0 bridgehead atoms. The van der Waals surface area contributed by atoms with E-state index in [9.17, 15) is 9.59 Å². The normalized spacial score (nSPS) is 19.8. The Morgan fingerprint density at radius 2 is 2.05 bits per heavy atom. The zero-order valence-corrected chi connectivity index (χ0v) is 14.4. The maximum Gasteiger partial charge on any atom is 0.344 e. The van der Waals surface area contributed by atoms with Gasteiger partial charge in [-0.05, 0) is 50.4 Å². The van der Waals surface area contributed by atoms with E-state index in [2.05, 4.69) is 25.5 Å². The van der Waals surface area contributed by atoms with Gasteiger partial charge in [0.2, 0.25) is 0 Å². The third-order valence-corrected chi connectivity index (χ3v) is 4.62. The molecule has 1 atom stereocenters. The number of allylic oxidation sites excluding steroid dienone is 3. The Labute approximate surface area is 133 Å². The molecule has 0 aromatic rings. The summed E-state index contributed by atoms with van der Waals surface area (Å²) in [4.78, 5) is 22.6. The second kappa shape index (κ2) is 7.61. The van der Waals surface area contributed by atoms with Crippen molar-refractivity contribution in [1.29, 1.82) is 0 Å². The number of carboxylic acids is 1. The van der Waals surface area contributed by atoms with Crippen LogP contribution in [0.3, 0.4) is 0 Å². The van der Waals surface area contributed by atoms with Gasteiger partial charge in [-0.2, -0.15) is 0 Å². The number of methoxy groups -OCH3 is 1. The summed E-state index contributed by atoms with van der Waals surface area (Å²) < 4.78 is 4.52. The van der Waals surface area contributed by atoms with E-state index in [1.54, 1.807) is 0 Å². The summed E-state index contributed by atoms with van der Waals surface area (Å²) in [6, 6.07) is 0. The maximum atomic E-state index is 11.5. The molecule has 0 saturated heterocycles. The average molecular weight is 308 g/mol. The molecule has 0 amide bonds. The van der Waals surface area contributed by atoms with Crippen LogP contribution in [0.1, 0.15) is 59.8 Å². The molecule has 1 rings (SSSR count). The lowest BCUT2D eigenvalue weighted by atomic mass is 9.71. The highest BCUT2D eigenvalue weighted by atomic mass is 16.5.